The zero-order valence-corrected chi connectivity index (χ0v) is 7.84. The average molecular weight is 169 g/mol. The second-order valence-electron chi connectivity index (χ2n) is 3.78. The lowest BCUT2D eigenvalue weighted by atomic mass is 9.96. The summed E-state index contributed by atoms with van der Waals surface area (Å²) in [6.07, 6.45) is 4.09. The van der Waals surface area contributed by atoms with E-state index in [1.54, 1.807) is 0 Å². The predicted molar refractivity (Wildman–Crippen MR) is 51.1 cm³/mol. The molecule has 0 aromatic carbocycles. The number of piperidine rings is 1. The first kappa shape index (κ1) is 9.75. The van der Waals surface area contributed by atoms with Gasteiger partial charge in [-0.2, -0.15) is 0 Å². The summed E-state index contributed by atoms with van der Waals surface area (Å²) in [5.41, 5.74) is 1.06. The van der Waals surface area contributed by atoms with Crippen LogP contribution in [-0.2, 0) is 0 Å². The van der Waals surface area contributed by atoms with E-state index >= 15 is 0 Å². The van der Waals surface area contributed by atoms with Crippen molar-refractivity contribution in [2.24, 2.45) is 0 Å². The summed E-state index contributed by atoms with van der Waals surface area (Å²) >= 11 is 0. The van der Waals surface area contributed by atoms with Gasteiger partial charge < -0.3 is 10.4 Å². The van der Waals surface area contributed by atoms with Crippen LogP contribution < -0.4 is 5.32 Å². The molecule has 1 aliphatic rings. The first-order valence-corrected chi connectivity index (χ1v) is 4.76. The highest BCUT2D eigenvalue weighted by atomic mass is 16.3. The number of hydrogen-bond acceptors (Lipinski definition) is 2. The molecule has 0 aliphatic carbocycles. The number of aliphatic hydroxyl groups is 1. The minimum atomic E-state index is -0.234. The van der Waals surface area contributed by atoms with Crippen LogP contribution in [0.5, 0.6) is 0 Å². The highest BCUT2D eigenvalue weighted by Crippen LogP contribution is 2.14. The third kappa shape index (κ3) is 2.95. The molecule has 1 heterocycles. The van der Waals surface area contributed by atoms with Gasteiger partial charge in [-0.25, -0.2) is 0 Å². The Labute approximate surface area is 74.7 Å². The standard InChI is InChI=1S/C10H19NO/c1-8(2)7-10(12)9-5-3-4-6-11-9/h9-12H,1,3-7H2,2H3. The zero-order valence-electron chi connectivity index (χ0n) is 7.84. The van der Waals surface area contributed by atoms with Crippen LogP contribution in [0.2, 0.25) is 0 Å². The molecule has 2 N–H and O–H groups in total. The van der Waals surface area contributed by atoms with Gasteiger partial charge in [0.1, 0.15) is 0 Å². The van der Waals surface area contributed by atoms with Gasteiger partial charge in [0, 0.05) is 6.04 Å². The van der Waals surface area contributed by atoms with E-state index in [2.05, 4.69) is 11.9 Å². The molecule has 2 atom stereocenters. The molecule has 0 saturated carbocycles. The molecule has 0 radical (unpaired) electrons. The number of hydrogen-bond donors (Lipinski definition) is 2. The van der Waals surface area contributed by atoms with Crippen LogP contribution in [0.3, 0.4) is 0 Å². The summed E-state index contributed by atoms with van der Waals surface area (Å²) in [6, 6.07) is 0.301. The van der Waals surface area contributed by atoms with Crippen LogP contribution >= 0.6 is 0 Å². The molecular weight excluding hydrogens is 150 g/mol. The predicted octanol–water partition coefficient (Wildman–Crippen LogP) is 1.46. The van der Waals surface area contributed by atoms with E-state index in [1.165, 1.54) is 12.8 Å². The summed E-state index contributed by atoms with van der Waals surface area (Å²) in [5.74, 6) is 0. The Hall–Kier alpha value is -0.340. The van der Waals surface area contributed by atoms with Crippen molar-refractivity contribution in [2.75, 3.05) is 6.54 Å². The molecule has 12 heavy (non-hydrogen) atoms. The maximum atomic E-state index is 9.72. The number of rotatable bonds is 3. The van der Waals surface area contributed by atoms with Gasteiger partial charge in [0.2, 0.25) is 0 Å². The molecule has 70 valence electrons. The van der Waals surface area contributed by atoms with Crippen molar-refractivity contribution in [3.05, 3.63) is 12.2 Å². The average Bonchev–Trinajstić information content (AvgIpc) is 2.05. The fourth-order valence-electron chi connectivity index (χ4n) is 1.71. The van der Waals surface area contributed by atoms with Crippen molar-refractivity contribution in [2.45, 2.75) is 44.8 Å². The first-order chi connectivity index (χ1) is 5.70. The summed E-state index contributed by atoms with van der Waals surface area (Å²) in [6.45, 7) is 6.82. The Kier molecular flexibility index (Phi) is 3.76. The van der Waals surface area contributed by atoms with E-state index in [0.29, 0.717) is 6.04 Å². The lowest BCUT2D eigenvalue weighted by Gasteiger charge is -2.28. The molecule has 0 bridgehead atoms. The van der Waals surface area contributed by atoms with Crippen LogP contribution in [0.4, 0.5) is 0 Å². The summed E-state index contributed by atoms with van der Waals surface area (Å²) < 4.78 is 0. The van der Waals surface area contributed by atoms with Crippen LogP contribution in [0.15, 0.2) is 12.2 Å². The van der Waals surface area contributed by atoms with Crippen molar-refractivity contribution in [1.82, 2.24) is 5.32 Å². The van der Waals surface area contributed by atoms with E-state index in [1.807, 2.05) is 6.92 Å². The third-order valence-electron chi connectivity index (χ3n) is 2.37. The molecule has 2 unspecified atom stereocenters. The van der Waals surface area contributed by atoms with Gasteiger partial charge >= 0.3 is 0 Å². The lowest BCUT2D eigenvalue weighted by molar-refractivity contribution is 0.113. The van der Waals surface area contributed by atoms with Crippen LogP contribution in [0.25, 0.3) is 0 Å². The molecule has 0 aromatic heterocycles. The summed E-state index contributed by atoms with van der Waals surface area (Å²) in [7, 11) is 0. The van der Waals surface area contributed by atoms with E-state index < -0.39 is 0 Å². The van der Waals surface area contributed by atoms with Crippen LogP contribution in [0.1, 0.15) is 32.6 Å². The van der Waals surface area contributed by atoms with E-state index in [-0.39, 0.29) is 6.10 Å². The molecule has 1 saturated heterocycles. The Morgan fingerprint density at radius 2 is 2.42 bits per heavy atom. The zero-order chi connectivity index (χ0) is 8.97. The Bertz CT molecular complexity index is 150. The third-order valence-corrected chi connectivity index (χ3v) is 2.37. The maximum Gasteiger partial charge on any atom is 0.0729 e. The van der Waals surface area contributed by atoms with Crippen LogP contribution in [-0.4, -0.2) is 23.8 Å². The van der Waals surface area contributed by atoms with E-state index in [9.17, 15) is 5.11 Å². The van der Waals surface area contributed by atoms with Crippen molar-refractivity contribution >= 4 is 0 Å². The van der Waals surface area contributed by atoms with Gasteiger partial charge in [0.05, 0.1) is 6.10 Å². The highest BCUT2D eigenvalue weighted by molar-refractivity contribution is 4.94. The second kappa shape index (κ2) is 4.63. The molecule has 0 aromatic rings. The molecular formula is C10H19NO. The monoisotopic (exact) mass is 169 g/mol. The first-order valence-electron chi connectivity index (χ1n) is 4.76. The molecule has 2 heteroatoms. The second-order valence-corrected chi connectivity index (χ2v) is 3.78. The summed E-state index contributed by atoms with van der Waals surface area (Å²) in [5, 5.41) is 13.1. The quantitative estimate of drug-likeness (QED) is 0.627. The molecule has 1 rings (SSSR count). The minimum Gasteiger partial charge on any atom is -0.391 e. The molecule has 1 fully saturated rings. The topological polar surface area (TPSA) is 32.3 Å². The van der Waals surface area contributed by atoms with Crippen molar-refractivity contribution in [3.8, 4) is 0 Å². The van der Waals surface area contributed by atoms with E-state index in [0.717, 1.165) is 25.0 Å². The minimum absolute atomic E-state index is 0.234. The fraction of sp³-hybridized carbons (Fsp3) is 0.800. The maximum absolute atomic E-state index is 9.72. The SMILES string of the molecule is C=C(C)CC(O)C1CCCCN1. The van der Waals surface area contributed by atoms with Crippen LogP contribution in [0, 0.1) is 0 Å². The normalized spacial score (nSPS) is 26.7. The number of aliphatic hydroxyl groups excluding tert-OH is 1. The van der Waals surface area contributed by atoms with Gasteiger partial charge in [-0.05, 0) is 32.7 Å². The molecule has 0 spiro atoms. The summed E-state index contributed by atoms with van der Waals surface area (Å²) in [4.78, 5) is 0. The van der Waals surface area contributed by atoms with Gasteiger partial charge in [-0.15, -0.1) is 6.58 Å². The lowest BCUT2D eigenvalue weighted by Crippen LogP contribution is -2.43. The largest absolute Gasteiger partial charge is 0.391 e. The Morgan fingerprint density at radius 3 is 2.92 bits per heavy atom. The van der Waals surface area contributed by atoms with Gasteiger partial charge in [0.15, 0.2) is 0 Å². The van der Waals surface area contributed by atoms with E-state index in [4.69, 9.17) is 0 Å². The highest BCUT2D eigenvalue weighted by Gasteiger charge is 2.20. The van der Waals surface area contributed by atoms with Gasteiger partial charge in [-0.3, -0.25) is 0 Å². The molecule has 1 aliphatic heterocycles. The van der Waals surface area contributed by atoms with Gasteiger partial charge in [-0.1, -0.05) is 12.0 Å². The Morgan fingerprint density at radius 1 is 1.67 bits per heavy atom. The smallest absolute Gasteiger partial charge is 0.0729 e. The molecule has 0 amide bonds. The fourth-order valence-corrected chi connectivity index (χ4v) is 1.71. The molecule has 2 nitrogen and oxygen atoms in total. The Balaban J connectivity index is 2.29. The number of nitrogens with one attached hydrogen (secondary N) is 1. The van der Waals surface area contributed by atoms with Gasteiger partial charge in [0.25, 0.3) is 0 Å². The van der Waals surface area contributed by atoms with Crippen molar-refractivity contribution in [1.29, 1.82) is 0 Å². The van der Waals surface area contributed by atoms with Crippen molar-refractivity contribution < 1.29 is 5.11 Å². The van der Waals surface area contributed by atoms with Crippen molar-refractivity contribution in [3.63, 3.8) is 0 Å².